The molecule has 0 saturated carbocycles. The van der Waals surface area contributed by atoms with Crippen molar-refractivity contribution in [2.24, 2.45) is 0 Å². The van der Waals surface area contributed by atoms with Gasteiger partial charge in [-0.3, -0.25) is 4.98 Å². The predicted octanol–water partition coefficient (Wildman–Crippen LogP) is 2.49. The van der Waals surface area contributed by atoms with Crippen LogP contribution in [-0.2, 0) is 10.0 Å². The molecule has 0 atom stereocenters. The summed E-state index contributed by atoms with van der Waals surface area (Å²) in [6.07, 6.45) is 4.37. The average molecular weight is 364 g/mol. The molecule has 24 heavy (non-hydrogen) atoms. The fourth-order valence-corrected chi connectivity index (χ4v) is 4.58. The first-order valence-electron chi connectivity index (χ1n) is 7.63. The standard InChI is InChI=1S/C15H16N4O3S2/c1-24(20,21)19-5-2-10(3-6-19)15-17-14(18-22-15)11-8-13-12(16-9-11)4-7-23-13/h4,7-10H,2-3,5-6H2,1H3. The van der Waals surface area contributed by atoms with Crippen LogP contribution in [0.2, 0.25) is 0 Å². The van der Waals surface area contributed by atoms with Gasteiger partial charge in [0.1, 0.15) is 0 Å². The third-order valence-corrected chi connectivity index (χ3v) is 6.43. The van der Waals surface area contributed by atoms with Crippen molar-refractivity contribution in [2.75, 3.05) is 19.3 Å². The lowest BCUT2D eigenvalue weighted by molar-refractivity contribution is 0.271. The Kier molecular flexibility index (Phi) is 3.86. The fourth-order valence-electron chi connectivity index (χ4n) is 2.92. The van der Waals surface area contributed by atoms with Gasteiger partial charge in [-0.2, -0.15) is 4.98 Å². The average Bonchev–Trinajstić information content (AvgIpc) is 3.22. The molecule has 0 N–H and O–H groups in total. The SMILES string of the molecule is CS(=O)(=O)N1CCC(c2nc(-c3cnc4ccsc4c3)no2)CC1. The van der Waals surface area contributed by atoms with Crippen LogP contribution in [-0.4, -0.2) is 47.2 Å². The highest BCUT2D eigenvalue weighted by Crippen LogP contribution is 2.30. The Morgan fingerprint density at radius 3 is 2.88 bits per heavy atom. The molecule has 1 saturated heterocycles. The minimum absolute atomic E-state index is 0.0997. The Labute approximate surface area is 143 Å². The van der Waals surface area contributed by atoms with E-state index in [-0.39, 0.29) is 5.92 Å². The number of thiophene rings is 1. The largest absolute Gasteiger partial charge is 0.339 e. The van der Waals surface area contributed by atoms with Crippen LogP contribution in [0.15, 0.2) is 28.2 Å². The van der Waals surface area contributed by atoms with Crippen LogP contribution in [0.4, 0.5) is 0 Å². The van der Waals surface area contributed by atoms with Gasteiger partial charge in [-0.1, -0.05) is 5.16 Å². The monoisotopic (exact) mass is 364 g/mol. The molecule has 3 aromatic rings. The van der Waals surface area contributed by atoms with Gasteiger partial charge in [0.05, 0.1) is 16.5 Å². The summed E-state index contributed by atoms with van der Waals surface area (Å²) in [5.41, 5.74) is 1.79. The summed E-state index contributed by atoms with van der Waals surface area (Å²) >= 11 is 1.62. The van der Waals surface area contributed by atoms with E-state index in [1.165, 1.54) is 10.6 Å². The molecular weight excluding hydrogens is 348 g/mol. The van der Waals surface area contributed by atoms with E-state index in [0.29, 0.717) is 37.6 Å². The molecule has 0 radical (unpaired) electrons. The lowest BCUT2D eigenvalue weighted by Crippen LogP contribution is -2.37. The van der Waals surface area contributed by atoms with Crippen molar-refractivity contribution >= 4 is 31.6 Å². The Hall–Kier alpha value is -1.84. The van der Waals surface area contributed by atoms with E-state index in [2.05, 4.69) is 15.1 Å². The molecule has 1 aliphatic heterocycles. The highest BCUT2D eigenvalue weighted by molar-refractivity contribution is 7.88. The minimum Gasteiger partial charge on any atom is -0.339 e. The van der Waals surface area contributed by atoms with Gasteiger partial charge in [-0.25, -0.2) is 12.7 Å². The number of hydrogen-bond acceptors (Lipinski definition) is 7. The van der Waals surface area contributed by atoms with Crippen molar-refractivity contribution in [1.82, 2.24) is 19.4 Å². The van der Waals surface area contributed by atoms with Crippen molar-refractivity contribution in [3.63, 3.8) is 0 Å². The van der Waals surface area contributed by atoms with Crippen LogP contribution in [0.25, 0.3) is 21.6 Å². The molecule has 3 aromatic heterocycles. The molecule has 0 spiro atoms. The van der Waals surface area contributed by atoms with Gasteiger partial charge in [0.2, 0.25) is 21.7 Å². The number of fused-ring (bicyclic) bond motifs is 1. The summed E-state index contributed by atoms with van der Waals surface area (Å²) in [6, 6.07) is 3.98. The van der Waals surface area contributed by atoms with E-state index in [0.717, 1.165) is 15.8 Å². The molecule has 0 amide bonds. The van der Waals surface area contributed by atoms with E-state index < -0.39 is 10.0 Å². The molecule has 7 nitrogen and oxygen atoms in total. The van der Waals surface area contributed by atoms with Crippen molar-refractivity contribution in [3.05, 3.63) is 29.6 Å². The predicted molar refractivity (Wildman–Crippen MR) is 91.3 cm³/mol. The fraction of sp³-hybridized carbons (Fsp3) is 0.400. The second-order valence-corrected chi connectivity index (χ2v) is 8.85. The topological polar surface area (TPSA) is 89.2 Å². The first kappa shape index (κ1) is 15.7. The number of sulfonamides is 1. The molecule has 1 aliphatic rings. The summed E-state index contributed by atoms with van der Waals surface area (Å²) in [4.78, 5) is 8.89. The molecule has 1 fully saturated rings. The second-order valence-electron chi connectivity index (χ2n) is 5.92. The van der Waals surface area contributed by atoms with Crippen LogP contribution in [0.3, 0.4) is 0 Å². The number of piperidine rings is 1. The summed E-state index contributed by atoms with van der Waals surface area (Å²) in [7, 11) is -3.12. The number of pyridine rings is 1. The molecular formula is C15H16N4O3S2. The Balaban J connectivity index is 1.53. The molecule has 0 bridgehead atoms. The van der Waals surface area contributed by atoms with E-state index in [9.17, 15) is 8.42 Å². The first-order chi connectivity index (χ1) is 11.5. The molecule has 4 rings (SSSR count). The van der Waals surface area contributed by atoms with Crippen molar-refractivity contribution in [1.29, 1.82) is 0 Å². The minimum atomic E-state index is -3.12. The number of hydrogen-bond donors (Lipinski definition) is 0. The van der Waals surface area contributed by atoms with E-state index >= 15 is 0 Å². The molecule has 9 heteroatoms. The van der Waals surface area contributed by atoms with E-state index in [1.54, 1.807) is 17.5 Å². The van der Waals surface area contributed by atoms with Gasteiger partial charge < -0.3 is 4.52 Å². The Morgan fingerprint density at radius 2 is 2.12 bits per heavy atom. The maximum atomic E-state index is 11.6. The summed E-state index contributed by atoms with van der Waals surface area (Å²) in [6.45, 7) is 0.980. The van der Waals surface area contributed by atoms with Crippen LogP contribution in [0.1, 0.15) is 24.7 Å². The number of aromatic nitrogens is 3. The van der Waals surface area contributed by atoms with Crippen LogP contribution in [0.5, 0.6) is 0 Å². The van der Waals surface area contributed by atoms with Crippen molar-refractivity contribution in [2.45, 2.75) is 18.8 Å². The van der Waals surface area contributed by atoms with Gasteiger partial charge in [0.15, 0.2) is 0 Å². The normalized spacial score (nSPS) is 17.5. The first-order valence-corrected chi connectivity index (χ1v) is 10.4. The van der Waals surface area contributed by atoms with Crippen LogP contribution >= 0.6 is 11.3 Å². The van der Waals surface area contributed by atoms with Crippen molar-refractivity contribution in [3.8, 4) is 11.4 Å². The highest BCUT2D eigenvalue weighted by atomic mass is 32.2. The zero-order valence-electron chi connectivity index (χ0n) is 13.0. The van der Waals surface area contributed by atoms with Gasteiger partial charge in [0.25, 0.3) is 0 Å². The Morgan fingerprint density at radius 1 is 1.33 bits per heavy atom. The molecule has 126 valence electrons. The second kappa shape index (κ2) is 5.91. The zero-order valence-corrected chi connectivity index (χ0v) is 14.7. The third kappa shape index (κ3) is 2.94. The summed E-state index contributed by atoms with van der Waals surface area (Å²) in [5.74, 6) is 1.20. The van der Waals surface area contributed by atoms with Crippen molar-refractivity contribution < 1.29 is 12.9 Å². The third-order valence-electron chi connectivity index (χ3n) is 4.27. The zero-order chi connectivity index (χ0) is 16.7. The summed E-state index contributed by atoms with van der Waals surface area (Å²) in [5, 5.41) is 6.07. The summed E-state index contributed by atoms with van der Waals surface area (Å²) < 4.78 is 31.1. The van der Waals surface area contributed by atoms with Gasteiger partial charge in [-0.05, 0) is 30.4 Å². The van der Waals surface area contributed by atoms with E-state index in [4.69, 9.17) is 4.52 Å². The maximum absolute atomic E-state index is 11.6. The molecule has 0 aliphatic carbocycles. The molecule has 4 heterocycles. The smallest absolute Gasteiger partial charge is 0.230 e. The van der Waals surface area contributed by atoms with E-state index in [1.807, 2.05) is 17.5 Å². The molecule has 0 unspecified atom stereocenters. The van der Waals surface area contributed by atoms with Crippen LogP contribution in [0, 0.1) is 0 Å². The lowest BCUT2D eigenvalue weighted by atomic mass is 9.98. The highest BCUT2D eigenvalue weighted by Gasteiger charge is 2.29. The van der Waals surface area contributed by atoms with Gasteiger partial charge in [0, 0.05) is 30.8 Å². The lowest BCUT2D eigenvalue weighted by Gasteiger charge is -2.28. The van der Waals surface area contributed by atoms with Gasteiger partial charge in [-0.15, -0.1) is 11.3 Å². The van der Waals surface area contributed by atoms with Gasteiger partial charge >= 0.3 is 0 Å². The Bertz CT molecular complexity index is 971. The molecule has 0 aromatic carbocycles. The van der Waals surface area contributed by atoms with Crippen LogP contribution < -0.4 is 0 Å². The number of rotatable bonds is 3. The quantitative estimate of drug-likeness (QED) is 0.709. The number of nitrogens with zero attached hydrogens (tertiary/aromatic N) is 4. The maximum Gasteiger partial charge on any atom is 0.230 e.